The van der Waals surface area contributed by atoms with Gasteiger partial charge < -0.3 is 9.47 Å². The zero-order chi connectivity index (χ0) is 14.9. The lowest BCUT2D eigenvalue weighted by molar-refractivity contribution is -0.118. The number of aromatic nitrogens is 2. The topological polar surface area (TPSA) is 73.3 Å². The molecule has 0 fully saturated rings. The highest BCUT2D eigenvalue weighted by Crippen LogP contribution is 2.15. The Morgan fingerprint density at radius 1 is 1.29 bits per heavy atom. The van der Waals surface area contributed by atoms with Crippen molar-refractivity contribution < 1.29 is 14.3 Å². The summed E-state index contributed by atoms with van der Waals surface area (Å²) in [5, 5.41) is 11.9. The van der Waals surface area contributed by atoms with Crippen LogP contribution in [0.2, 0.25) is 0 Å². The molecular formula is C14H17N3O3S. The predicted octanol–water partition coefficient (Wildman–Crippen LogP) is 2.13. The van der Waals surface area contributed by atoms with Gasteiger partial charge in [-0.2, -0.15) is 0 Å². The van der Waals surface area contributed by atoms with E-state index in [1.807, 2.05) is 25.1 Å². The SMILES string of the molecule is CCOCCc1nnc(NC(=O)COc2ccccc2)s1. The molecule has 21 heavy (non-hydrogen) atoms. The summed E-state index contributed by atoms with van der Waals surface area (Å²) in [6.45, 7) is 3.17. The van der Waals surface area contributed by atoms with Gasteiger partial charge in [-0.25, -0.2) is 0 Å². The first-order valence-corrected chi connectivity index (χ1v) is 7.47. The number of nitrogens with one attached hydrogen (secondary N) is 1. The number of amides is 1. The summed E-state index contributed by atoms with van der Waals surface area (Å²) in [6.07, 6.45) is 0.696. The molecule has 1 aromatic heterocycles. The van der Waals surface area contributed by atoms with Crippen molar-refractivity contribution in [3.8, 4) is 5.75 Å². The molecule has 0 saturated heterocycles. The van der Waals surface area contributed by atoms with E-state index in [0.717, 1.165) is 5.01 Å². The molecule has 112 valence electrons. The van der Waals surface area contributed by atoms with Crippen LogP contribution in [-0.2, 0) is 16.0 Å². The maximum absolute atomic E-state index is 11.7. The molecule has 6 nitrogen and oxygen atoms in total. The lowest BCUT2D eigenvalue weighted by atomic mass is 10.3. The zero-order valence-electron chi connectivity index (χ0n) is 11.7. The first-order valence-electron chi connectivity index (χ1n) is 6.65. The van der Waals surface area contributed by atoms with Gasteiger partial charge in [0.2, 0.25) is 5.13 Å². The highest BCUT2D eigenvalue weighted by atomic mass is 32.1. The van der Waals surface area contributed by atoms with Crippen molar-refractivity contribution >= 4 is 22.4 Å². The molecule has 0 aliphatic rings. The van der Waals surface area contributed by atoms with Crippen LogP contribution < -0.4 is 10.1 Å². The Labute approximate surface area is 127 Å². The van der Waals surface area contributed by atoms with Crippen molar-refractivity contribution in [2.75, 3.05) is 25.1 Å². The average Bonchev–Trinajstić information content (AvgIpc) is 2.94. The van der Waals surface area contributed by atoms with E-state index in [1.165, 1.54) is 11.3 Å². The van der Waals surface area contributed by atoms with Crippen LogP contribution in [0.25, 0.3) is 0 Å². The molecule has 0 bridgehead atoms. The Hall–Kier alpha value is -1.99. The van der Waals surface area contributed by atoms with Gasteiger partial charge >= 0.3 is 0 Å². The molecule has 0 radical (unpaired) electrons. The molecule has 7 heteroatoms. The average molecular weight is 307 g/mol. The number of ether oxygens (including phenoxy) is 2. The van der Waals surface area contributed by atoms with Gasteiger partial charge in [0, 0.05) is 13.0 Å². The van der Waals surface area contributed by atoms with Crippen molar-refractivity contribution in [3.63, 3.8) is 0 Å². The van der Waals surface area contributed by atoms with E-state index < -0.39 is 0 Å². The smallest absolute Gasteiger partial charge is 0.264 e. The molecule has 0 atom stereocenters. The highest BCUT2D eigenvalue weighted by molar-refractivity contribution is 7.15. The van der Waals surface area contributed by atoms with Gasteiger partial charge in [0.1, 0.15) is 10.8 Å². The third-order valence-electron chi connectivity index (χ3n) is 2.49. The van der Waals surface area contributed by atoms with E-state index in [2.05, 4.69) is 15.5 Å². The van der Waals surface area contributed by atoms with Crippen molar-refractivity contribution in [3.05, 3.63) is 35.3 Å². The fraction of sp³-hybridized carbons (Fsp3) is 0.357. The Balaban J connectivity index is 1.75. The van der Waals surface area contributed by atoms with Gasteiger partial charge in [0.15, 0.2) is 6.61 Å². The normalized spacial score (nSPS) is 10.3. The van der Waals surface area contributed by atoms with Crippen LogP contribution in [0.3, 0.4) is 0 Å². The quantitative estimate of drug-likeness (QED) is 0.756. The first-order chi connectivity index (χ1) is 10.3. The molecule has 0 aliphatic carbocycles. The van der Waals surface area contributed by atoms with E-state index in [9.17, 15) is 4.79 Å². The minimum atomic E-state index is -0.258. The van der Waals surface area contributed by atoms with Crippen molar-refractivity contribution in [2.45, 2.75) is 13.3 Å². The lowest BCUT2D eigenvalue weighted by Gasteiger charge is -2.04. The molecule has 0 spiro atoms. The standard InChI is InChI=1S/C14H17N3O3S/c1-2-19-9-8-13-16-17-14(21-13)15-12(18)10-20-11-6-4-3-5-7-11/h3-7H,2,8-10H2,1H3,(H,15,17,18). The van der Waals surface area contributed by atoms with Crippen LogP contribution in [0.5, 0.6) is 5.75 Å². The lowest BCUT2D eigenvalue weighted by Crippen LogP contribution is -2.20. The van der Waals surface area contributed by atoms with Crippen molar-refractivity contribution in [2.24, 2.45) is 0 Å². The molecule has 1 amide bonds. The number of benzene rings is 1. The van der Waals surface area contributed by atoms with Crippen molar-refractivity contribution in [1.29, 1.82) is 0 Å². The van der Waals surface area contributed by atoms with E-state index in [-0.39, 0.29) is 12.5 Å². The third kappa shape index (κ3) is 5.49. The van der Waals surface area contributed by atoms with Gasteiger partial charge in [0.25, 0.3) is 5.91 Å². The molecule has 0 aliphatic heterocycles. The molecule has 1 aromatic carbocycles. The Bertz CT molecular complexity index is 560. The highest BCUT2D eigenvalue weighted by Gasteiger charge is 2.08. The Morgan fingerprint density at radius 2 is 2.10 bits per heavy atom. The molecule has 1 heterocycles. The second-order valence-electron chi connectivity index (χ2n) is 4.10. The molecule has 0 saturated carbocycles. The number of hydrogen-bond donors (Lipinski definition) is 1. The van der Waals surface area contributed by atoms with E-state index in [4.69, 9.17) is 9.47 Å². The number of hydrogen-bond acceptors (Lipinski definition) is 6. The van der Waals surface area contributed by atoms with Crippen LogP contribution in [0, 0.1) is 0 Å². The first kappa shape index (κ1) is 15.4. The van der Waals surface area contributed by atoms with Gasteiger partial charge in [-0.3, -0.25) is 10.1 Å². The van der Waals surface area contributed by atoms with E-state index in [1.54, 1.807) is 12.1 Å². The number of carbonyl (C=O) groups excluding carboxylic acids is 1. The fourth-order valence-corrected chi connectivity index (χ4v) is 2.27. The number of nitrogens with zero attached hydrogens (tertiary/aromatic N) is 2. The molecule has 0 unspecified atom stereocenters. The van der Waals surface area contributed by atoms with Crippen LogP contribution in [0.4, 0.5) is 5.13 Å². The number of rotatable bonds is 8. The summed E-state index contributed by atoms with van der Waals surface area (Å²) in [5.41, 5.74) is 0. The number of carbonyl (C=O) groups is 1. The Morgan fingerprint density at radius 3 is 2.86 bits per heavy atom. The second kappa shape index (κ2) is 8.33. The molecule has 2 aromatic rings. The Kier molecular flexibility index (Phi) is 6.11. The summed E-state index contributed by atoms with van der Waals surface area (Å²) in [5.74, 6) is 0.397. The summed E-state index contributed by atoms with van der Waals surface area (Å²) >= 11 is 1.34. The van der Waals surface area contributed by atoms with Gasteiger partial charge in [-0.15, -0.1) is 10.2 Å². The fourth-order valence-electron chi connectivity index (χ4n) is 1.53. The molecule has 2 rings (SSSR count). The van der Waals surface area contributed by atoms with Gasteiger partial charge in [0.05, 0.1) is 6.61 Å². The monoisotopic (exact) mass is 307 g/mol. The van der Waals surface area contributed by atoms with E-state index >= 15 is 0 Å². The molecular weight excluding hydrogens is 290 g/mol. The van der Waals surface area contributed by atoms with Crippen LogP contribution in [-0.4, -0.2) is 35.9 Å². The van der Waals surface area contributed by atoms with Crippen LogP contribution in [0.15, 0.2) is 30.3 Å². The van der Waals surface area contributed by atoms with Gasteiger partial charge in [-0.05, 0) is 19.1 Å². The largest absolute Gasteiger partial charge is 0.484 e. The summed E-state index contributed by atoms with van der Waals surface area (Å²) in [7, 11) is 0. The zero-order valence-corrected chi connectivity index (χ0v) is 12.6. The van der Waals surface area contributed by atoms with Crippen LogP contribution >= 0.6 is 11.3 Å². The third-order valence-corrected chi connectivity index (χ3v) is 3.39. The molecule has 1 N–H and O–H groups in total. The minimum Gasteiger partial charge on any atom is -0.484 e. The van der Waals surface area contributed by atoms with Crippen LogP contribution in [0.1, 0.15) is 11.9 Å². The summed E-state index contributed by atoms with van der Waals surface area (Å²) < 4.78 is 10.6. The maximum atomic E-state index is 11.7. The summed E-state index contributed by atoms with van der Waals surface area (Å²) in [6, 6.07) is 9.18. The maximum Gasteiger partial charge on any atom is 0.264 e. The van der Waals surface area contributed by atoms with Gasteiger partial charge in [-0.1, -0.05) is 29.5 Å². The minimum absolute atomic E-state index is 0.0577. The van der Waals surface area contributed by atoms with E-state index in [0.29, 0.717) is 30.5 Å². The predicted molar refractivity (Wildman–Crippen MR) is 80.7 cm³/mol. The summed E-state index contributed by atoms with van der Waals surface area (Å²) in [4.78, 5) is 11.7. The van der Waals surface area contributed by atoms with Crippen molar-refractivity contribution in [1.82, 2.24) is 10.2 Å². The number of para-hydroxylation sites is 1. The second-order valence-corrected chi connectivity index (χ2v) is 5.16. The number of anilines is 1.